The van der Waals surface area contributed by atoms with Gasteiger partial charge in [0.15, 0.2) is 0 Å². The molecular formula is C13H18O. The van der Waals surface area contributed by atoms with Gasteiger partial charge in [-0.3, -0.25) is 0 Å². The molecule has 1 nitrogen and oxygen atoms in total. The topological polar surface area (TPSA) is 9.23 Å². The van der Waals surface area contributed by atoms with Crippen molar-refractivity contribution in [3.05, 3.63) is 29.3 Å². The van der Waals surface area contributed by atoms with Gasteiger partial charge in [0.05, 0.1) is 6.10 Å². The average Bonchev–Trinajstić information content (AvgIpc) is 2.90. The fourth-order valence-corrected chi connectivity index (χ4v) is 1.80. The van der Waals surface area contributed by atoms with Crippen LogP contribution in [-0.2, 0) is 0 Å². The second-order valence-corrected chi connectivity index (χ2v) is 4.46. The molecule has 0 atom stereocenters. The Kier molecular flexibility index (Phi) is 2.49. The van der Waals surface area contributed by atoms with Crippen molar-refractivity contribution in [1.29, 1.82) is 0 Å². The van der Waals surface area contributed by atoms with E-state index in [-0.39, 0.29) is 6.10 Å². The van der Waals surface area contributed by atoms with E-state index in [4.69, 9.17) is 4.74 Å². The van der Waals surface area contributed by atoms with Crippen LogP contribution in [0.4, 0.5) is 0 Å². The lowest BCUT2D eigenvalue weighted by molar-refractivity contribution is 0.242. The van der Waals surface area contributed by atoms with Crippen molar-refractivity contribution < 1.29 is 4.74 Å². The summed E-state index contributed by atoms with van der Waals surface area (Å²) in [7, 11) is 0. The fourth-order valence-electron chi connectivity index (χ4n) is 1.80. The molecule has 2 rings (SSSR count). The third-order valence-electron chi connectivity index (χ3n) is 2.64. The molecule has 1 aromatic rings. The Labute approximate surface area is 86.1 Å². The van der Waals surface area contributed by atoms with Gasteiger partial charge in [0.25, 0.3) is 0 Å². The molecule has 0 unspecified atom stereocenters. The predicted molar refractivity (Wildman–Crippen MR) is 58.9 cm³/mol. The minimum absolute atomic E-state index is 0.268. The van der Waals surface area contributed by atoms with Crippen LogP contribution in [0.25, 0.3) is 0 Å². The van der Waals surface area contributed by atoms with Gasteiger partial charge >= 0.3 is 0 Å². The Balaban J connectivity index is 2.21. The van der Waals surface area contributed by atoms with Gasteiger partial charge < -0.3 is 4.74 Å². The molecule has 0 bridgehead atoms. The first-order valence-corrected chi connectivity index (χ1v) is 5.44. The molecule has 1 fully saturated rings. The molecule has 0 saturated heterocycles. The van der Waals surface area contributed by atoms with Gasteiger partial charge in [-0.1, -0.05) is 6.07 Å². The van der Waals surface area contributed by atoms with Crippen LogP contribution in [0.2, 0.25) is 0 Å². The van der Waals surface area contributed by atoms with Crippen molar-refractivity contribution in [2.45, 2.75) is 45.6 Å². The molecule has 1 saturated carbocycles. The number of rotatable bonds is 3. The maximum atomic E-state index is 5.69. The van der Waals surface area contributed by atoms with Gasteiger partial charge in [-0.25, -0.2) is 0 Å². The van der Waals surface area contributed by atoms with Crippen LogP contribution in [0.15, 0.2) is 18.2 Å². The summed E-state index contributed by atoms with van der Waals surface area (Å²) < 4.78 is 5.69. The number of hydrogen-bond acceptors (Lipinski definition) is 1. The third-order valence-corrected chi connectivity index (χ3v) is 2.64. The molecule has 76 valence electrons. The van der Waals surface area contributed by atoms with Gasteiger partial charge in [-0.15, -0.1) is 0 Å². The minimum Gasteiger partial charge on any atom is -0.491 e. The zero-order valence-electron chi connectivity index (χ0n) is 9.21. The normalized spacial score (nSPS) is 16.0. The smallest absolute Gasteiger partial charge is 0.119 e. The lowest BCUT2D eigenvalue weighted by Gasteiger charge is -2.12. The zero-order chi connectivity index (χ0) is 10.1. The monoisotopic (exact) mass is 190 g/mol. The molecule has 0 radical (unpaired) electrons. The molecule has 14 heavy (non-hydrogen) atoms. The van der Waals surface area contributed by atoms with E-state index in [9.17, 15) is 0 Å². The summed E-state index contributed by atoms with van der Waals surface area (Å²) in [4.78, 5) is 0. The average molecular weight is 190 g/mol. The second-order valence-electron chi connectivity index (χ2n) is 4.46. The van der Waals surface area contributed by atoms with Crippen LogP contribution in [0, 0.1) is 6.92 Å². The van der Waals surface area contributed by atoms with Gasteiger partial charge in [-0.2, -0.15) is 0 Å². The van der Waals surface area contributed by atoms with Gasteiger partial charge in [-0.05, 0) is 62.8 Å². The molecular weight excluding hydrogens is 172 g/mol. The highest BCUT2D eigenvalue weighted by atomic mass is 16.5. The Bertz CT molecular complexity index is 324. The molecule has 0 N–H and O–H groups in total. The fraction of sp³-hybridized carbons (Fsp3) is 0.538. The Morgan fingerprint density at radius 2 is 2.00 bits per heavy atom. The summed E-state index contributed by atoms with van der Waals surface area (Å²) in [6.07, 6.45) is 2.97. The standard InChI is InChI=1S/C13H18O/c1-9(2)14-12-7-4-10(3)13(8-12)11-5-6-11/h4,7-9,11H,5-6H2,1-3H3. The number of hydrogen-bond donors (Lipinski definition) is 0. The van der Waals surface area contributed by atoms with E-state index in [1.54, 1.807) is 0 Å². The summed E-state index contributed by atoms with van der Waals surface area (Å²) in [5, 5.41) is 0. The van der Waals surface area contributed by atoms with Crippen LogP contribution in [0.1, 0.15) is 43.7 Å². The summed E-state index contributed by atoms with van der Waals surface area (Å²) in [6, 6.07) is 6.46. The molecule has 1 aromatic carbocycles. The highest BCUT2D eigenvalue weighted by Gasteiger charge is 2.25. The number of benzene rings is 1. The number of aryl methyl sites for hydroxylation is 1. The summed E-state index contributed by atoms with van der Waals surface area (Å²) in [5.41, 5.74) is 2.90. The van der Waals surface area contributed by atoms with Gasteiger partial charge in [0.1, 0.15) is 5.75 Å². The van der Waals surface area contributed by atoms with E-state index < -0.39 is 0 Å². The van der Waals surface area contributed by atoms with Crippen LogP contribution < -0.4 is 4.74 Å². The summed E-state index contributed by atoms with van der Waals surface area (Å²) >= 11 is 0. The molecule has 0 heterocycles. The molecule has 0 spiro atoms. The van der Waals surface area contributed by atoms with E-state index >= 15 is 0 Å². The second kappa shape index (κ2) is 3.64. The van der Waals surface area contributed by atoms with E-state index in [2.05, 4.69) is 39.0 Å². The SMILES string of the molecule is Cc1ccc(OC(C)C)cc1C1CC1. The lowest BCUT2D eigenvalue weighted by atomic mass is 10.0. The highest BCUT2D eigenvalue weighted by molar-refractivity contribution is 5.39. The van der Waals surface area contributed by atoms with E-state index in [0.29, 0.717) is 0 Å². The first-order chi connectivity index (χ1) is 6.66. The van der Waals surface area contributed by atoms with Crippen LogP contribution in [0.5, 0.6) is 5.75 Å². The maximum absolute atomic E-state index is 5.69. The summed E-state index contributed by atoms with van der Waals surface area (Å²) in [5.74, 6) is 1.83. The van der Waals surface area contributed by atoms with Crippen molar-refractivity contribution in [3.8, 4) is 5.75 Å². The first-order valence-electron chi connectivity index (χ1n) is 5.44. The Hall–Kier alpha value is -0.980. The minimum atomic E-state index is 0.268. The van der Waals surface area contributed by atoms with E-state index in [1.807, 2.05) is 0 Å². The van der Waals surface area contributed by atoms with Crippen LogP contribution >= 0.6 is 0 Å². The van der Waals surface area contributed by atoms with E-state index in [0.717, 1.165) is 11.7 Å². The van der Waals surface area contributed by atoms with Crippen LogP contribution in [-0.4, -0.2) is 6.10 Å². The summed E-state index contributed by atoms with van der Waals surface area (Å²) in [6.45, 7) is 6.32. The molecule has 0 amide bonds. The van der Waals surface area contributed by atoms with Crippen molar-refractivity contribution in [1.82, 2.24) is 0 Å². The van der Waals surface area contributed by atoms with Crippen molar-refractivity contribution in [2.24, 2.45) is 0 Å². The maximum Gasteiger partial charge on any atom is 0.119 e. The van der Waals surface area contributed by atoms with E-state index in [1.165, 1.54) is 24.0 Å². The predicted octanol–water partition coefficient (Wildman–Crippen LogP) is 3.66. The Morgan fingerprint density at radius 3 is 2.57 bits per heavy atom. The lowest BCUT2D eigenvalue weighted by Crippen LogP contribution is -2.05. The molecule has 1 heteroatoms. The van der Waals surface area contributed by atoms with Crippen molar-refractivity contribution in [3.63, 3.8) is 0 Å². The largest absolute Gasteiger partial charge is 0.491 e. The van der Waals surface area contributed by atoms with Gasteiger partial charge in [0.2, 0.25) is 0 Å². The Morgan fingerprint density at radius 1 is 1.29 bits per heavy atom. The molecule has 1 aliphatic carbocycles. The van der Waals surface area contributed by atoms with Crippen molar-refractivity contribution in [2.75, 3.05) is 0 Å². The molecule has 1 aliphatic rings. The van der Waals surface area contributed by atoms with Gasteiger partial charge in [0, 0.05) is 0 Å². The van der Waals surface area contributed by atoms with Crippen LogP contribution in [0.3, 0.4) is 0 Å². The van der Waals surface area contributed by atoms with Crippen molar-refractivity contribution >= 4 is 0 Å². The first kappa shape index (κ1) is 9.57. The zero-order valence-corrected chi connectivity index (χ0v) is 9.21. The molecule has 0 aromatic heterocycles. The quantitative estimate of drug-likeness (QED) is 0.706. The third kappa shape index (κ3) is 2.09. The number of ether oxygens (including phenoxy) is 1. The molecule has 0 aliphatic heterocycles. The highest BCUT2D eigenvalue weighted by Crippen LogP contribution is 2.42.